The van der Waals surface area contributed by atoms with Crippen molar-refractivity contribution in [2.24, 2.45) is 0 Å². The van der Waals surface area contributed by atoms with Gasteiger partial charge in [-0.05, 0) is 25.3 Å². The minimum Gasteiger partial charge on any atom is -0.465 e. The van der Waals surface area contributed by atoms with Crippen molar-refractivity contribution < 1.29 is 14.3 Å². The van der Waals surface area contributed by atoms with Crippen molar-refractivity contribution in [2.75, 3.05) is 18.1 Å². The number of rotatable bonds is 7. The van der Waals surface area contributed by atoms with Crippen LogP contribution in [0.5, 0.6) is 0 Å². The van der Waals surface area contributed by atoms with E-state index in [9.17, 15) is 9.59 Å². The number of nitrogens with one attached hydrogen (secondary N) is 1. The Kier molecular flexibility index (Phi) is 6.82. The van der Waals surface area contributed by atoms with Crippen LogP contribution in [0.15, 0.2) is 17.5 Å². The Hall–Kier alpha value is -1.01. The molecule has 1 heterocycles. The van der Waals surface area contributed by atoms with Gasteiger partial charge in [0.15, 0.2) is 0 Å². The molecule has 1 N–H and O–H groups in total. The van der Waals surface area contributed by atoms with E-state index in [0.29, 0.717) is 6.61 Å². The summed E-state index contributed by atoms with van der Waals surface area (Å²) in [6, 6.07) is 3.96. The number of carbonyl (C=O) groups excluding carboxylic acids is 2. The topological polar surface area (TPSA) is 55.4 Å². The van der Waals surface area contributed by atoms with Crippen LogP contribution < -0.4 is 5.32 Å². The number of hydrogen-bond acceptors (Lipinski definition) is 5. The SMILES string of the molecule is CCOC(=O)CSCC(=O)NC(C)c1cccs1. The summed E-state index contributed by atoms with van der Waals surface area (Å²) in [6.07, 6.45) is 0. The van der Waals surface area contributed by atoms with E-state index in [1.54, 1.807) is 18.3 Å². The lowest BCUT2D eigenvalue weighted by molar-refractivity contribution is -0.139. The lowest BCUT2D eigenvalue weighted by Gasteiger charge is -2.11. The molecule has 1 unspecified atom stereocenters. The fourth-order valence-electron chi connectivity index (χ4n) is 1.32. The quantitative estimate of drug-likeness (QED) is 0.781. The van der Waals surface area contributed by atoms with E-state index in [1.807, 2.05) is 24.4 Å². The minimum absolute atomic E-state index is 0.0145. The molecule has 100 valence electrons. The van der Waals surface area contributed by atoms with Crippen LogP contribution in [0.25, 0.3) is 0 Å². The molecule has 0 aliphatic rings. The number of thiophene rings is 1. The van der Waals surface area contributed by atoms with Crippen LogP contribution >= 0.6 is 23.1 Å². The first-order valence-corrected chi connectivity index (χ1v) is 7.73. The lowest BCUT2D eigenvalue weighted by atomic mass is 10.3. The van der Waals surface area contributed by atoms with Crippen molar-refractivity contribution in [1.29, 1.82) is 0 Å². The van der Waals surface area contributed by atoms with Gasteiger partial charge in [0.2, 0.25) is 5.91 Å². The number of thioether (sulfide) groups is 1. The molecule has 18 heavy (non-hydrogen) atoms. The van der Waals surface area contributed by atoms with Crippen molar-refractivity contribution >= 4 is 35.0 Å². The molecule has 1 rings (SSSR count). The third kappa shape index (κ3) is 5.55. The summed E-state index contributed by atoms with van der Waals surface area (Å²) < 4.78 is 4.77. The maximum absolute atomic E-state index is 11.6. The molecule has 0 saturated heterocycles. The third-order valence-corrected chi connectivity index (χ3v) is 4.07. The van der Waals surface area contributed by atoms with Gasteiger partial charge in [0.1, 0.15) is 0 Å². The van der Waals surface area contributed by atoms with Gasteiger partial charge in [0.25, 0.3) is 0 Å². The summed E-state index contributed by atoms with van der Waals surface area (Å²) >= 11 is 2.88. The average Bonchev–Trinajstić information content (AvgIpc) is 2.82. The van der Waals surface area contributed by atoms with Gasteiger partial charge < -0.3 is 10.1 Å². The molecule has 6 heteroatoms. The molecule has 0 bridgehead atoms. The van der Waals surface area contributed by atoms with E-state index < -0.39 is 0 Å². The first-order chi connectivity index (χ1) is 8.63. The predicted octanol–water partition coefficient (Wildman–Crippen LogP) is 2.22. The summed E-state index contributed by atoms with van der Waals surface area (Å²) in [4.78, 5) is 23.8. The molecule has 0 aliphatic heterocycles. The number of carbonyl (C=O) groups is 2. The highest BCUT2D eigenvalue weighted by atomic mass is 32.2. The predicted molar refractivity (Wildman–Crippen MR) is 74.8 cm³/mol. The molecule has 0 aromatic carbocycles. The Morgan fingerprint density at radius 2 is 2.28 bits per heavy atom. The van der Waals surface area contributed by atoms with E-state index in [1.165, 1.54) is 11.8 Å². The molecule has 1 aromatic heterocycles. The first kappa shape index (κ1) is 15.0. The number of hydrogen-bond donors (Lipinski definition) is 1. The Balaban J connectivity index is 2.20. The molecule has 0 fully saturated rings. The van der Waals surface area contributed by atoms with E-state index in [2.05, 4.69) is 5.32 Å². The maximum atomic E-state index is 11.6. The zero-order valence-corrected chi connectivity index (χ0v) is 12.1. The molecule has 0 aliphatic carbocycles. The van der Waals surface area contributed by atoms with Crippen molar-refractivity contribution in [3.8, 4) is 0 Å². The second-order valence-corrected chi connectivity index (χ2v) is 5.57. The van der Waals surface area contributed by atoms with Gasteiger partial charge in [-0.15, -0.1) is 23.1 Å². The van der Waals surface area contributed by atoms with Gasteiger partial charge in [-0.25, -0.2) is 0 Å². The molecule has 0 spiro atoms. The standard InChI is InChI=1S/C12H17NO3S2/c1-3-16-12(15)8-17-7-11(14)13-9(2)10-5-4-6-18-10/h4-6,9H,3,7-8H2,1-2H3,(H,13,14). The van der Waals surface area contributed by atoms with Crippen molar-refractivity contribution in [1.82, 2.24) is 5.32 Å². The van der Waals surface area contributed by atoms with Gasteiger partial charge in [-0.3, -0.25) is 9.59 Å². The lowest BCUT2D eigenvalue weighted by Crippen LogP contribution is -2.28. The zero-order valence-electron chi connectivity index (χ0n) is 10.5. The molecule has 1 aromatic rings. The molecular weight excluding hydrogens is 270 g/mol. The van der Waals surface area contributed by atoms with Crippen LogP contribution in [0.1, 0.15) is 24.8 Å². The zero-order chi connectivity index (χ0) is 13.4. The summed E-state index contributed by atoms with van der Waals surface area (Å²) in [5.41, 5.74) is 0. The van der Waals surface area contributed by atoms with E-state index in [4.69, 9.17) is 4.74 Å². The molecule has 0 saturated carbocycles. The number of amides is 1. The van der Waals surface area contributed by atoms with Crippen molar-refractivity contribution in [3.05, 3.63) is 22.4 Å². The summed E-state index contributed by atoms with van der Waals surface area (Å²) in [5, 5.41) is 4.87. The molecular formula is C12H17NO3S2. The molecule has 4 nitrogen and oxygen atoms in total. The highest BCUT2D eigenvalue weighted by Gasteiger charge is 2.11. The number of esters is 1. The van der Waals surface area contributed by atoms with Gasteiger partial charge in [-0.2, -0.15) is 0 Å². The van der Waals surface area contributed by atoms with Crippen LogP contribution in [0.3, 0.4) is 0 Å². The van der Waals surface area contributed by atoms with Crippen LogP contribution in [-0.4, -0.2) is 30.0 Å². The number of ether oxygens (including phenoxy) is 1. The van der Waals surface area contributed by atoms with Gasteiger partial charge in [0, 0.05) is 4.88 Å². The summed E-state index contributed by atoms with van der Waals surface area (Å²) in [7, 11) is 0. The molecule has 0 radical (unpaired) electrons. The normalized spacial score (nSPS) is 11.9. The maximum Gasteiger partial charge on any atom is 0.315 e. The van der Waals surface area contributed by atoms with Crippen LogP contribution in [0.4, 0.5) is 0 Å². The van der Waals surface area contributed by atoms with Gasteiger partial charge >= 0.3 is 5.97 Å². The summed E-state index contributed by atoms with van der Waals surface area (Å²) in [5.74, 6) is 0.148. The first-order valence-electron chi connectivity index (χ1n) is 5.69. The fourth-order valence-corrected chi connectivity index (χ4v) is 2.68. The third-order valence-electron chi connectivity index (χ3n) is 2.11. The van der Waals surface area contributed by atoms with Gasteiger partial charge in [0.05, 0.1) is 24.2 Å². The molecule has 1 atom stereocenters. The van der Waals surface area contributed by atoms with E-state index in [0.717, 1.165) is 4.88 Å². The van der Waals surface area contributed by atoms with Gasteiger partial charge in [-0.1, -0.05) is 6.07 Å². The smallest absolute Gasteiger partial charge is 0.315 e. The minimum atomic E-state index is -0.276. The Morgan fingerprint density at radius 1 is 1.50 bits per heavy atom. The van der Waals surface area contributed by atoms with Crippen LogP contribution in [0.2, 0.25) is 0 Å². The van der Waals surface area contributed by atoms with Crippen LogP contribution in [-0.2, 0) is 14.3 Å². The highest BCUT2D eigenvalue weighted by molar-refractivity contribution is 8.00. The van der Waals surface area contributed by atoms with E-state index >= 15 is 0 Å². The Morgan fingerprint density at radius 3 is 2.89 bits per heavy atom. The second-order valence-electron chi connectivity index (χ2n) is 3.60. The largest absolute Gasteiger partial charge is 0.465 e. The van der Waals surface area contributed by atoms with E-state index in [-0.39, 0.29) is 29.4 Å². The monoisotopic (exact) mass is 287 g/mol. The fraction of sp³-hybridized carbons (Fsp3) is 0.500. The van der Waals surface area contributed by atoms with Crippen LogP contribution in [0, 0.1) is 0 Å². The van der Waals surface area contributed by atoms with Crippen molar-refractivity contribution in [2.45, 2.75) is 19.9 Å². The average molecular weight is 287 g/mol. The van der Waals surface area contributed by atoms with Crippen molar-refractivity contribution in [3.63, 3.8) is 0 Å². The second kappa shape index (κ2) is 8.16. The highest BCUT2D eigenvalue weighted by Crippen LogP contribution is 2.18. The molecule has 1 amide bonds. The Labute approximate surface area is 115 Å². The summed E-state index contributed by atoms with van der Waals surface area (Å²) in [6.45, 7) is 4.08. The Bertz CT molecular complexity index is 379.